The Labute approximate surface area is 591 Å². The van der Waals surface area contributed by atoms with Crippen LogP contribution in [0.15, 0.2) is 170 Å². The van der Waals surface area contributed by atoms with Crippen LogP contribution in [0.25, 0.3) is 0 Å². The van der Waals surface area contributed by atoms with E-state index >= 15 is 0 Å². The molecular weight excluding hydrogens is 1280 g/mol. The first-order valence-electron chi connectivity index (χ1n) is 36.4. The molecule has 0 fully saturated rings. The summed E-state index contributed by atoms with van der Waals surface area (Å²) in [6.07, 6.45) is 81.2. The number of carbonyl (C=O) groups excluding carboxylic acids is 4. The first kappa shape index (κ1) is 92.4. The molecule has 98 heavy (non-hydrogen) atoms. The van der Waals surface area contributed by atoms with Crippen molar-refractivity contribution in [2.24, 2.45) is 0 Å². The van der Waals surface area contributed by atoms with Gasteiger partial charge in [0.15, 0.2) is 12.2 Å². The van der Waals surface area contributed by atoms with Gasteiger partial charge in [-0.15, -0.1) is 0 Å². The predicted octanol–water partition coefficient (Wildman–Crippen LogP) is 20.7. The SMILES string of the molecule is CC/C=C\C/C=C\C/C=C\C/C=C\C/C=C\CCCC(=O)OCC(COP(=O)(O)OCC(O)COP(=O)(O)OCC(COC(=O)C/C=C\C/C=C\C/C=C\C/C=C\C/C=C\CC)OC(=O)CCCC/C=C\C/C=C\C/C=C\C/C=C\CC)OC(=O)CCCCCCCCCCCCC. The minimum Gasteiger partial charge on any atom is -0.462 e. The topological polar surface area (TPSA) is 237 Å². The molecule has 0 bridgehead atoms. The zero-order chi connectivity index (χ0) is 71.8. The third kappa shape index (κ3) is 68.9. The van der Waals surface area contributed by atoms with Crippen LogP contribution < -0.4 is 0 Å². The van der Waals surface area contributed by atoms with E-state index in [1.165, 1.54) is 38.5 Å². The average Bonchev–Trinajstić information content (AvgIpc) is 0.986. The second-order valence-electron chi connectivity index (χ2n) is 23.4. The van der Waals surface area contributed by atoms with Crippen LogP contribution in [0.1, 0.15) is 246 Å². The zero-order valence-corrected chi connectivity index (χ0v) is 61.9. The highest BCUT2D eigenvalue weighted by Gasteiger charge is 2.30. The number of hydrogen-bond acceptors (Lipinski definition) is 15. The fourth-order valence-corrected chi connectivity index (χ4v) is 10.4. The second-order valence-corrected chi connectivity index (χ2v) is 26.3. The van der Waals surface area contributed by atoms with Gasteiger partial charge in [-0.05, 0) is 128 Å². The number of hydrogen-bond donors (Lipinski definition) is 3. The summed E-state index contributed by atoms with van der Waals surface area (Å²) in [6, 6.07) is 0. The van der Waals surface area contributed by atoms with Crippen LogP contribution in [-0.4, -0.2) is 96.7 Å². The normalized spacial score (nSPS) is 15.0. The van der Waals surface area contributed by atoms with E-state index in [0.717, 1.165) is 116 Å². The van der Waals surface area contributed by atoms with E-state index in [0.29, 0.717) is 38.5 Å². The van der Waals surface area contributed by atoms with Crippen LogP contribution in [0.5, 0.6) is 0 Å². The maximum atomic E-state index is 13.0. The maximum absolute atomic E-state index is 13.0. The molecule has 0 aliphatic rings. The Morgan fingerprint density at radius 2 is 0.582 bits per heavy atom. The highest BCUT2D eigenvalue weighted by molar-refractivity contribution is 7.47. The number of aliphatic hydroxyl groups excluding tert-OH is 1. The Kier molecular flexibility index (Phi) is 65.9. The number of phosphoric ester groups is 2. The minimum atomic E-state index is -5.01. The van der Waals surface area contributed by atoms with Crippen molar-refractivity contribution in [2.75, 3.05) is 39.6 Å². The van der Waals surface area contributed by atoms with Gasteiger partial charge in [-0.2, -0.15) is 0 Å². The van der Waals surface area contributed by atoms with Gasteiger partial charge in [-0.25, -0.2) is 9.13 Å². The number of allylic oxidation sites excluding steroid dienone is 27. The molecule has 0 heterocycles. The van der Waals surface area contributed by atoms with Gasteiger partial charge < -0.3 is 33.8 Å². The van der Waals surface area contributed by atoms with Gasteiger partial charge in [-0.1, -0.05) is 262 Å². The summed E-state index contributed by atoms with van der Waals surface area (Å²) < 4.78 is 68.1. The van der Waals surface area contributed by atoms with Crippen molar-refractivity contribution in [2.45, 2.75) is 264 Å². The van der Waals surface area contributed by atoms with E-state index in [2.05, 4.69) is 155 Å². The molecule has 0 aromatic carbocycles. The van der Waals surface area contributed by atoms with E-state index in [4.69, 9.17) is 37.0 Å². The molecule has 0 aromatic rings. The number of phosphoric acid groups is 2. The number of aliphatic hydroxyl groups is 1. The number of ether oxygens (including phenoxy) is 4. The lowest BCUT2D eigenvalue weighted by Crippen LogP contribution is -2.30. The van der Waals surface area contributed by atoms with Gasteiger partial charge in [0.2, 0.25) is 0 Å². The van der Waals surface area contributed by atoms with Crippen molar-refractivity contribution in [1.82, 2.24) is 0 Å². The lowest BCUT2D eigenvalue weighted by atomic mass is 10.1. The summed E-state index contributed by atoms with van der Waals surface area (Å²) in [4.78, 5) is 72.6. The molecule has 3 N–H and O–H groups in total. The molecule has 0 aliphatic carbocycles. The van der Waals surface area contributed by atoms with Crippen molar-refractivity contribution in [3.63, 3.8) is 0 Å². The Hall–Kier alpha value is -5.58. The van der Waals surface area contributed by atoms with Crippen LogP contribution in [0.3, 0.4) is 0 Å². The maximum Gasteiger partial charge on any atom is 0.472 e. The molecule has 19 heteroatoms. The molecule has 0 saturated heterocycles. The molecule has 17 nitrogen and oxygen atoms in total. The van der Waals surface area contributed by atoms with Crippen molar-refractivity contribution in [3.05, 3.63) is 170 Å². The number of carbonyl (C=O) groups is 4. The molecule has 5 atom stereocenters. The van der Waals surface area contributed by atoms with Crippen molar-refractivity contribution >= 4 is 39.5 Å². The lowest BCUT2D eigenvalue weighted by molar-refractivity contribution is -0.161. The molecule has 0 saturated carbocycles. The van der Waals surface area contributed by atoms with E-state index in [9.17, 15) is 43.2 Å². The fourth-order valence-electron chi connectivity index (χ4n) is 8.79. The Morgan fingerprint density at radius 3 is 0.939 bits per heavy atom. The fraction of sp³-hybridized carbons (Fsp3) is 0.595. The third-order valence-electron chi connectivity index (χ3n) is 14.2. The van der Waals surface area contributed by atoms with Crippen LogP contribution in [-0.2, 0) is 65.4 Å². The van der Waals surface area contributed by atoms with Gasteiger partial charge in [-0.3, -0.25) is 37.3 Å². The summed E-state index contributed by atoms with van der Waals surface area (Å²) in [5.41, 5.74) is 0. The van der Waals surface area contributed by atoms with Gasteiger partial charge in [0.25, 0.3) is 0 Å². The van der Waals surface area contributed by atoms with Crippen molar-refractivity contribution in [3.8, 4) is 0 Å². The van der Waals surface area contributed by atoms with Crippen LogP contribution in [0.2, 0.25) is 0 Å². The molecule has 554 valence electrons. The molecule has 0 radical (unpaired) electrons. The monoisotopic (exact) mass is 1410 g/mol. The Bertz CT molecular complexity index is 2530. The number of esters is 4. The third-order valence-corrected chi connectivity index (χ3v) is 16.1. The first-order valence-corrected chi connectivity index (χ1v) is 39.4. The molecule has 0 rings (SSSR count). The Balaban J connectivity index is 5.49. The smallest absolute Gasteiger partial charge is 0.462 e. The van der Waals surface area contributed by atoms with Crippen LogP contribution in [0.4, 0.5) is 0 Å². The van der Waals surface area contributed by atoms with E-state index in [1.807, 2.05) is 36.5 Å². The van der Waals surface area contributed by atoms with E-state index < -0.39 is 97.5 Å². The van der Waals surface area contributed by atoms with Crippen molar-refractivity contribution < 1.29 is 80.2 Å². The second kappa shape index (κ2) is 69.9. The predicted molar refractivity (Wildman–Crippen MR) is 399 cm³/mol. The van der Waals surface area contributed by atoms with E-state index in [-0.39, 0.29) is 25.7 Å². The average molecular weight is 1410 g/mol. The number of rotatable bonds is 66. The highest BCUT2D eigenvalue weighted by Crippen LogP contribution is 2.45. The number of unbranched alkanes of at least 4 members (excludes halogenated alkanes) is 13. The Morgan fingerprint density at radius 1 is 0.306 bits per heavy atom. The molecule has 5 unspecified atom stereocenters. The van der Waals surface area contributed by atoms with Gasteiger partial charge in [0, 0.05) is 19.3 Å². The van der Waals surface area contributed by atoms with Crippen LogP contribution in [0, 0.1) is 0 Å². The molecule has 0 spiro atoms. The summed E-state index contributed by atoms with van der Waals surface area (Å²) in [6.45, 7) is 4.24. The highest BCUT2D eigenvalue weighted by atomic mass is 31.2. The quantitative estimate of drug-likeness (QED) is 0.0169. The van der Waals surface area contributed by atoms with Gasteiger partial charge >= 0.3 is 39.5 Å². The standard InChI is InChI=1S/C79H126O17P2/c1-5-9-13-17-21-25-29-32-35-36-39-41-45-48-52-56-60-64-77(82)89-69-74(95-78(83)65-61-57-53-49-43-28-24-20-16-12-8-4)71-93-97(85,86)91-67-73(80)68-92-98(87,88)94-72-75(96-79(84)66-62-58-54-50-46-42-38-34-31-27-23-19-15-11-7-3)70-90-76(81)63-59-55-51-47-44-40-37-33-30-26-22-18-14-10-6-2/h9-11,13-15,21-23,25-27,32-35,37-39,41,44,46-48,50,52,55,59,73-75,80H,5-8,12,16-20,24,28-31,36,40,42-43,45,49,51,53-54,56-58,60-72H2,1-4H3,(H,85,86)(H,87,88)/b13-9-,14-10-,15-11-,25-21-,26-22-,27-23-,35-32-,37-33-,38-34-,41-39-,47-44-,50-46-,52-48-,59-55-. The summed E-state index contributed by atoms with van der Waals surface area (Å²) in [5.74, 6) is -2.46. The van der Waals surface area contributed by atoms with Gasteiger partial charge in [0.1, 0.15) is 19.3 Å². The molecule has 0 aliphatic heterocycles. The first-order chi connectivity index (χ1) is 47.7. The molecular formula is C79H126O17P2. The largest absolute Gasteiger partial charge is 0.472 e. The summed E-state index contributed by atoms with van der Waals surface area (Å²) >= 11 is 0. The minimum absolute atomic E-state index is 0.0160. The lowest BCUT2D eigenvalue weighted by Gasteiger charge is -2.21. The summed E-state index contributed by atoms with van der Waals surface area (Å²) in [5, 5.41) is 10.6. The van der Waals surface area contributed by atoms with Crippen LogP contribution >= 0.6 is 15.6 Å². The summed E-state index contributed by atoms with van der Waals surface area (Å²) in [7, 11) is -10.0. The zero-order valence-electron chi connectivity index (χ0n) is 60.1. The van der Waals surface area contributed by atoms with Gasteiger partial charge in [0.05, 0.1) is 32.8 Å². The van der Waals surface area contributed by atoms with E-state index in [1.54, 1.807) is 6.08 Å². The van der Waals surface area contributed by atoms with Crippen molar-refractivity contribution in [1.29, 1.82) is 0 Å². The molecule has 0 amide bonds. The molecule has 0 aromatic heterocycles.